The Kier molecular flexibility index (Phi) is 4.29. The van der Waals surface area contributed by atoms with Crippen LogP contribution in [0.4, 0.5) is 0 Å². The third-order valence-electron chi connectivity index (χ3n) is 4.49. The summed E-state index contributed by atoms with van der Waals surface area (Å²) >= 11 is 4.82. The lowest BCUT2D eigenvalue weighted by molar-refractivity contribution is 0.332. The Morgan fingerprint density at radius 2 is 2.17 bits per heavy atom. The van der Waals surface area contributed by atoms with Gasteiger partial charge >= 0.3 is 0 Å². The molecule has 0 spiro atoms. The molecule has 4 atom stereocenters. The molecule has 3 N–H and O–H groups in total. The van der Waals surface area contributed by atoms with Crippen LogP contribution in [0.2, 0.25) is 0 Å². The maximum atomic E-state index is 12.1. The normalized spacial score (nSPS) is 32.6. The maximum Gasteiger partial charge on any atom is 0.221 e. The van der Waals surface area contributed by atoms with Crippen LogP contribution in [0.5, 0.6) is 0 Å². The van der Waals surface area contributed by atoms with Crippen molar-refractivity contribution in [3.8, 4) is 0 Å². The minimum absolute atomic E-state index is 0.0675. The SMILES string of the molecule is CCC(C(N)=S)S(=O)(=O)NCC1CC2CCC1C2. The molecule has 18 heavy (non-hydrogen) atoms. The molecule has 0 aromatic heterocycles. The van der Waals surface area contributed by atoms with E-state index in [2.05, 4.69) is 4.72 Å². The lowest BCUT2D eigenvalue weighted by Gasteiger charge is -2.23. The highest BCUT2D eigenvalue weighted by molar-refractivity contribution is 7.93. The highest BCUT2D eigenvalue weighted by Crippen LogP contribution is 2.47. The van der Waals surface area contributed by atoms with Gasteiger partial charge in [-0.2, -0.15) is 0 Å². The second-order valence-electron chi connectivity index (χ2n) is 5.63. The van der Waals surface area contributed by atoms with Crippen LogP contribution in [0, 0.1) is 17.8 Å². The van der Waals surface area contributed by atoms with E-state index >= 15 is 0 Å². The van der Waals surface area contributed by atoms with Crippen LogP contribution >= 0.6 is 12.2 Å². The van der Waals surface area contributed by atoms with E-state index in [0.29, 0.717) is 18.9 Å². The summed E-state index contributed by atoms with van der Waals surface area (Å²) < 4.78 is 26.9. The van der Waals surface area contributed by atoms with Crippen molar-refractivity contribution in [2.75, 3.05) is 6.54 Å². The molecule has 2 aliphatic carbocycles. The maximum absolute atomic E-state index is 12.1. The van der Waals surface area contributed by atoms with Gasteiger partial charge in [0.05, 0.1) is 4.99 Å². The van der Waals surface area contributed by atoms with Crippen molar-refractivity contribution >= 4 is 27.2 Å². The average Bonchev–Trinajstić information content (AvgIpc) is 2.88. The third kappa shape index (κ3) is 2.86. The Morgan fingerprint density at radius 3 is 2.61 bits per heavy atom. The molecule has 0 radical (unpaired) electrons. The molecular weight excluding hydrogens is 268 g/mol. The first kappa shape index (κ1) is 14.2. The number of thiocarbonyl (C=S) groups is 1. The van der Waals surface area contributed by atoms with Gasteiger partial charge in [0.15, 0.2) is 0 Å². The number of nitrogens with one attached hydrogen (secondary N) is 1. The molecule has 0 heterocycles. The number of rotatable bonds is 6. The van der Waals surface area contributed by atoms with E-state index in [9.17, 15) is 8.42 Å². The first-order valence-electron chi connectivity index (χ1n) is 6.71. The van der Waals surface area contributed by atoms with Crippen LogP contribution in [0.25, 0.3) is 0 Å². The van der Waals surface area contributed by atoms with Crippen molar-refractivity contribution in [2.45, 2.75) is 44.3 Å². The average molecular weight is 290 g/mol. The van der Waals surface area contributed by atoms with E-state index < -0.39 is 15.3 Å². The first-order valence-corrected chi connectivity index (χ1v) is 8.67. The Labute approximate surface area is 115 Å². The Balaban J connectivity index is 1.91. The molecular formula is C12H22N2O2S2. The van der Waals surface area contributed by atoms with Gasteiger partial charge in [0.2, 0.25) is 10.0 Å². The molecule has 2 fully saturated rings. The van der Waals surface area contributed by atoms with Crippen LogP contribution < -0.4 is 10.5 Å². The molecule has 4 nitrogen and oxygen atoms in total. The van der Waals surface area contributed by atoms with Crippen molar-refractivity contribution in [1.82, 2.24) is 4.72 Å². The van der Waals surface area contributed by atoms with Gasteiger partial charge in [0, 0.05) is 6.54 Å². The second kappa shape index (κ2) is 5.43. The summed E-state index contributed by atoms with van der Waals surface area (Å²) in [7, 11) is -3.39. The molecule has 4 unspecified atom stereocenters. The summed E-state index contributed by atoms with van der Waals surface area (Å²) in [5, 5.41) is -0.730. The van der Waals surface area contributed by atoms with E-state index in [0.717, 1.165) is 11.8 Å². The van der Waals surface area contributed by atoms with Gasteiger partial charge in [-0.1, -0.05) is 25.6 Å². The summed E-state index contributed by atoms with van der Waals surface area (Å²) in [6, 6.07) is 0. The van der Waals surface area contributed by atoms with Crippen LogP contribution in [0.15, 0.2) is 0 Å². The van der Waals surface area contributed by atoms with Crippen molar-refractivity contribution in [3.63, 3.8) is 0 Å². The second-order valence-corrected chi connectivity index (χ2v) is 8.05. The number of nitrogens with two attached hydrogens (primary N) is 1. The number of fused-ring (bicyclic) bond motifs is 2. The number of hydrogen-bond donors (Lipinski definition) is 2. The number of sulfonamides is 1. The Morgan fingerprint density at radius 1 is 1.44 bits per heavy atom. The predicted molar refractivity (Wildman–Crippen MR) is 76.7 cm³/mol. The standard InChI is InChI=1S/C12H22N2O2S2/c1-2-11(12(13)17)18(15,16)14-7-10-6-8-3-4-9(10)5-8/h8-11,14H,2-7H2,1H3,(H2,13,17). The van der Waals surface area contributed by atoms with Gasteiger partial charge in [0.1, 0.15) is 5.25 Å². The van der Waals surface area contributed by atoms with Crippen LogP contribution in [-0.2, 0) is 10.0 Å². The van der Waals surface area contributed by atoms with Crippen LogP contribution in [0.3, 0.4) is 0 Å². The molecule has 0 aromatic rings. The van der Waals surface area contributed by atoms with Gasteiger partial charge in [-0.15, -0.1) is 0 Å². The first-order chi connectivity index (χ1) is 8.44. The topological polar surface area (TPSA) is 72.2 Å². The van der Waals surface area contributed by atoms with Crippen molar-refractivity contribution < 1.29 is 8.42 Å². The summed E-state index contributed by atoms with van der Waals surface area (Å²) in [5.74, 6) is 2.08. The predicted octanol–water partition coefficient (Wildman–Crippen LogP) is 1.41. The summed E-state index contributed by atoms with van der Waals surface area (Å²) in [6.07, 6.45) is 5.50. The van der Waals surface area contributed by atoms with E-state index in [1.54, 1.807) is 6.92 Å². The van der Waals surface area contributed by atoms with Crippen molar-refractivity contribution in [3.05, 3.63) is 0 Å². The molecule has 0 aliphatic heterocycles. The van der Waals surface area contributed by atoms with Crippen LogP contribution in [-0.4, -0.2) is 25.2 Å². The zero-order chi connectivity index (χ0) is 13.3. The zero-order valence-corrected chi connectivity index (χ0v) is 12.4. The third-order valence-corrected chi connectivity index (χ3v) is 6.83. The molecule has 104 valence electrons. The fourth-order valence-corrected chi connectivity index (χ4v) is 5.46. The summed E-state index contributed by atoms with van der Waals surface area (Å²) in [5.41, 5.74) is 5.49. The van der Waals surface area contributed by atoms with Gasteiger partial charge in [0.25, 0.3) is 0 Å². The smallest absolute Gasteiger partial charge is 0.221 e. The Bertz CT molecular complexity index is 422. The quantitative estimate of drug-likeness (QED) is 0.726. The van der Waals surface area contributed by atoms with E-state index in [4.69, 9.17) is 18.0 Å². The molecule has 0 saturated heterocycles. The number of hydrogen-bond acceptors (Lipinski definition) is 3. The summed E-state index contributed by atoms with van der Waals surface area (Å²) in [6.45, 7) is 2.35. The Hall–Kier alpha value is -0.200. The molecule has 2 rings (SSSR count). The molecule has 2 saturated carbocycles. The largest absolute Gasteiger partial charge is 0.392 e. The molecule has 0 amide bonds. The fraction of sp³-hybridized carbons (Fsp3) is 0.917. The monoisotopic (exact) mass is 290 g/mol. The van der Waals surface area contributed by atoms with Crippen molar-refractivity contribution in [1.29, 1.82) is 0 Å². The molecule has 2 bridgehead atoms. The molecule has 0 aromatic carbocycles. The highest BCUT2D eigenvalue weighted by Gasteiger charge is 2.40. The van der Waals surface area contributed by atoms with Crippen LogP contribution in [0.1, 0.15) is 39.0 Å². The van der Waals surface area contributed by atoms with E-state index in [1.807, 2.05) is 0 Å². The minimum atomic E-state index is -3.39. The van der Waals surface area contributed by atoms with Gasteiger partial charge < -0.3 is 5.73 Å². The molecule has 6 heteroatoms. The molecule has 2 aliphatic rings. The van der Waals surface area contributed by atoms with Gasteiger partial charge in [-0.05, 0) is 43.4 Å². The fourth-order valence-electron chi connectivity index (χ4n) is 3.52. The highest BCUT2D eigenvalue weighted by atomic mass is 32.2. The summed E-state index contributed by atoms with van der Waals surface area (Å²) in [4.78, 5) is 0.0675. The zero-order valence-electron chi connectivity index (χ0n) is 10.8. The minimum Gasteiger partial charge on any atom is -0.392 e. The van der Waals surface area contributed by atoms with E-state index in [1.165, 1.54) is 25.7 Å². The lowest BCUT2D eigenvalue weighted by Crippen LogP contribution is -2.43. The lowest BCUT2D eigenvalue weighted by atomic mass is 9.89. The van der Waals surface area contributed by atoms with Gasteiger partial charge in [-0.3, -0.25) is 0 Å². The van der Waals surface area contributed by atoms with E-state index in [-0.39, 0.29) is 4.99 Å². The van der Waals surface area contributed by atoms with Gasteiger partial charge in [-0.25, -0.2) is 13.1 Å². The van der Waals surface area contributed by atoms with Crippen molar-refractivity contribution in [2.24, 2.45) is 23.5 Å².